The molecule has 0 aliphatic heterocycles. The standard InChI is InChI=1S/C14H21FN2O/c1-4-17(13-8-6-5-7-11(13)15)14(18)12(16)9-10(2)3/h5-8,10,12H,4,9,16H2,1-3H3/t12-/m0/s1. The molecule has 0 saturated heterocycles. The number of rotatable bonds is 5. The molecular formula is C14H21FN2O. The Morgan fingerprint density at radius 1 is 1.39 bits per heavy atom. The minimum atomic E-state index is -0.579. The molecule has 0 saturated carbocycles. The van der Waals surface area contributed by atoms with E-state index in [0.29, 0.717) is 24.6 Å². The van der Waals surface area contributed by atoms with Crippen LogP contribution in [-0.2, 0) is 4.79 Å². The molecule has 18 heavy (non-hydrogen) atoms. The van der Waals surface area contributed by atoms with E-state index in [2.05, 4.69) is 0 Å². The molecule has 1 amide bonds. The molecule has 3 nitrogen and oxygen atoms in total. The Labute approximate surface area is 108 Å². The van der Waals surface area contributed by atoms with Gasteiger partial charge in [0.1, 0.15) is 5.82 Å². The Kier molecular flexibility index (Phi) is 5.28. The number of likely N-dealkylation sites (N-methyl/N-ethyl adjacent to an activating group) is 1. The summed E-state index contributed by atoms with van der Waals surface area (Å²) in [4.78, 5) is 13.6. The number of halogens is 1. The maximum absolute atomic E-state index is 13.7. The number of anilines is 1. The van der Waals surface area contributed by atoms with Crippen molar-refractivity contribution in [3.05, 3.63) is 30.1 Å². The van der Waals surface area contributed by atoms with Crippen molar-refractivity contribution in [2.45, 2.75) is 33.2 Å². The predicted molar refractivity (Wildman–Crippen MR) is 71.9 cm³/mol. The van der Waals surface area contributed by atoms with E-state index in [1.807, 2.05) is 20.8 Å². The number of nitrogens with two attached hydrogens (primary N) is 1. The van der Waals surface area contributed by atoms with Gasteiger partial charge < -0.3 is 10.6 Å². The number of hydrogen-bond acceptors (Lipinski definition) is 2. The smallest absolute Gasteiger partial charge is 0.243 e. The first-order valence-corrected chi connectivity index (χ1v) is 6.28. The lowest BCUT2D eigenvalue weighted by atomic mass is 10.0. The van der Waals surface area contributed by atoms with Crippen molar-refractivity contribution in [2.75, 3.05) is 11.4 Å². The highest BCUT2D eigenvalue weighted by molar-refractivity contribution is 5.97. The van der Waals surface area contributed by atoms with Crippen LogP contribution in [0.3, 0.4) is 0 Å². The number of benzene rings is 1. The van der Waals surface area contributed by atoms with Gasteiger partial charge in [-0.25, -0.2) is 4.39 Å². The van der Waals surface area contributed by atoms with Crippen molar-refractivity contribution in [3.8, 4) is 0 Å². The van der Waals surface area contributed by atoms with Gasteiger partial charge in [-0.15, -0.1) is 0 Å². The minimum absolute atomic E-state index is 0.226. The van der Waals surface area contributed by atoms with Crippen molar-refractivity contribution < 1.29 is 9.18 Å². The van der Waals surface area contributed by atoms with Crippen LogP contribution >= 0.6 is 0 Å². The molecule has 0 unspecified atom stereocenters. The van der Waals surface area contributed by atoms with Crippen molar-refractivity contribution in [3.63, 3.8) is 0 Å². The number of nitrogens with zero attached hydrogens (tertiary/aromatic N) is 1. The Hall–Kier alpha value is -1.42. The van der Waals surface area contributed by atoms with E-state index >= 15 is 0 Å². The van der Waals surface area contributed by atoms with Gasteiger partial charge in [0.15, 0.2) is 0 Å². The van der Waals surface area contributed by atoms with Crippen molar-refractivity contribution >= 4 is 11.6 Å². The normalized spacial score (nSPS) is 12.6. The first kappa shape index (κ1) is 14.6. The summed E-state index contributed by atoms with van der Waals surface area (Å²) in [6, 6.07) is 5.68. The zero-order valence-electron chi connectivity index (χ0n) is 11.2. The monoisotopic (exact) mass is 252 g/mol. The third-order valence-corrected chi connectivity index (χ3v) is 2.77. The zero-order valence-corrected chi connectivity index (χ0v) is 11.2. The molecule has 4 heteroatoms. The van der Waals surface area contributed by atoms with Gasteiger partial charge in [0.05, 0.1) is 11.7 Å². The van der Waals surface area contributed by atoms with Gasteiger partial charge in [0.2, 0.25) is 5.91 Å². The fourth-order valence-electron chi connectivity index (χ4n) is 1.92. The Morgan fingerprint density at radius 2 is 2.00 bits per heavy atom. The highest BCUT2D eigenvalue weighted by Crippen LogP contribution is 2.20. The Bertz CT molecular complexity index is 407. The van der Waals surface area contributed by atoms with E-state index in [0.717, 1.165) is 0 Å². The molecule has 2 N–H and O–H groups in total. The van der Waals surface area contributed by atoms with Crippen LogP contribution in [0.2, 0.25) is 0 Å². The molecule has 1 rings (SSSR count). The van der Waals surface area contributed by atoms with Crippen LogP contribution in [0.4, 0.5) is 10.1 Å². The van der Waals surface area contributed by atoms with Crippen LogP contribution in [0.1, 0.15) is 27.2 Å². The molecule has 1 aromatic rings. The summed E-state index contributed by atoms with van der Waals surface area (Å²) in [5, 5.41) is 0. The first-order valence-electron chi connectivity index (χ1n) is 6.28. The topological polar surface area (TPSA) is 46.3 Å². The van der Waals surface area contributed by atoms with Gasteiger partial charge in [0.25, 0.3) is 0 Å². The Morgan fingerprint density at radius 3 is 2.50 bits per heavy atom. The third kappa shape index (κ3) is 3.53. The molecule has 0 bridgehead atoms. The lowest BCUT2D eigenvalue weighted by Crippen LogP contribution is -2.44. The summed E-state index contributed by atoms with van der Waals surface area (Å²) < 4.78 is 13.7. The molecule has 0 radical (unpaired) electrons. The highest BCUT2D eigenvalue weighted by atomic mass is 19.1. The second kappa shape index (κ2) is 6.50. The SMILES string of the molecule is CCN(C(=O)[C@@H](N)CC(C)C)c1ccccc1F. The Balaban J connectivity index is 2.90. The van der Waals surface area contributed by atoms with Crippen LogP contribution in [0.25, 0.3) is 0 Å². The van der Waals surface area contributed by atoms with Gasteiger partial charge >= 0.3 is 0 Å². The lowest BCUT2D eigenvalue weighted by Gasteiger charge is -2.25. The molecule has 0 aromatic heterocycles. The van der Waals surface area contributed by atoms with Gasteiger partial charge in [-0.05, 0) is 31.4 Å². The van der Waals surface area contributed by atoms with Crippen molar-refractivity contribution in [2.24, 2.45) is 11.7 Å². The summed E-state index contributed by atoms with van der Waals surface area (Å²) >= 11 is 0. The molecule has 0 heterocycles. The average Bonchev–Trinajstić information content (AvgIpc) is 2.31. The largest absolute Gasteiger partial charge is 0.320 e. The van der Waals surface area contributed by atoms with Crippen molar-refractivity contribution in [1.82, 2.24) is 0 Å². The number of carbonyl (C=O) groups excluding carboxylic acids is 1. The average molecular weight is 252 g/mol. The second-order valence-electron chi connectivity index (χ2n) is 4.77. The predicted octanol–water partition coefficient (Wildman–Crippen LogP) is 2.55. The maximum atomic E-state index is 13.7. The summed E-state index contributed by atoms with van der Waals surface area (Å²) in [7, 11) is 0. The third-order valence-electron chi connectivity index (χ3n) is 2.77. The van der Waals surface area contributed by atoms with Gasteiger partial charge in [0, 0.05) is 6.54 Å². The van der Waals surface area contributed by atoms with E-state index in [-0.39, 0.29) is 5.91 Å². The molecule has 0 aliphatic carbocycles. The van der Waals surface area contributed by atoms with Crippen LogP contribution in [-0.4, -0.2) is 18.5 Å². The van der Waals surface area contributed by atoms with Crippen molar-refractivity contribution in [1.29, 1.82) is 0 Å². The first-order chi connectivity index (χ1) is 8.47. The zero-order chi connectivity index (χ0) is 13.7. The van der Waals surface area contributed by atoms with Crippen LogP contribution in [0.5, 0.6) is 0 Å². The summed E-state index contributed by atoms with van der Waals surface area (Å²) in [5.41, 5.74) is 6.16. The molecule has 0 fully saturated rings. The number of hydrogen-bond donors (Lipinski definition) is 1. The van der Waals surface area contributed by atoms with E-state index < -0.39 is 11.9 Å². The highest BCUT2D eigenvalue weighted by Gasteiger charge is 2.23. The van der Waals surface area contributed by atoms with Crippen LogP contribution in [0.15, 0.2) is 24.3 Å². The van der Waals surface area contributed by atoms with E-state index in [1.54, 1.807) is 18.2 Å². The van der Waals surface area contributed by atoms with Gasteiger partial charge in [-0.3, -0.25) is 4.79 Å². The molecule has 0 aliphatic rings. The summed E-state index contributed by atoms with van der Waals surface area (Å²) in [6.07, 6.45) is 0.601. The van der Waals surface area contributed by atoms with Crippen LogP contribution in [0, 0.1) is 11.7 Å². The molecule has 1 atom stereocenters. The number of para-hydroxylation sites is 1. The lowest BCUT2D eigenvalue weighted by molar-refractivity contribution is -0.120. The number of amides is 1. The molecule has 1 aromatic carbocycles. The van der Waals surface area contributed by atoms with Gasteiger partial charge in [-0.2, -0.15) is 0 Å². The fourth-order valence-corrected chi connectivity index (χ4v) is 1.92. The second-order valence-corrected chi connectivity index (χ2v) is 4.77. The van der Waals surface area contributed by atoms with Crippen LogP contribution < -0.4 is 10.6 Å². The van der Waals surface area contributed by atoms with E-state index in [9.17, 15) is 9.18 Å². The maximum Gasteiger partial charge on any atom is 0.243 e. The summed E-state index contributed by atoms with van der Waals surface area (Å²) in [6.45, 7) is 6.23. The quantitative estimate of drug-likeness (QED) is 0.875. The van der Waals surface area contributed by atoms with E-state index in [1.165, 1.54) is 11.0 Å². The fraction of sp³-hybridized carbons (Fsp3) is 0.500. The molecular weight excluding hydrogens is 231 g/mol. The summed E-state index contributed by atoms with van der Waals surface area (Å²) in [5.74, 6) is -0.288. The molecule has 0 spiro atoms. The van der Waals surface area contributed by atoms with Gasteiger partial charge in [-0.1, -0.05) is 26.0 Å². The van der Waals surface area contributed by atoms with E-state index in [4.69, 9.17) is 5.73 Å². The minimum Gasteiger partial charge on any atom is -0.320 e. The molecule has 100 valence electrons. The number of carbonyl (C=O) groups is 1.